The van der Waals surface area contributed by atoms with Crippen molar-refractivity contribution in [2.75, 3.05) is 10.6 Å². The van der Waals surface area contributed by atoms with Crippen molar-refractivity contribution >= 4 is 52.5 Å². The lowest BCUT2D eigenvalue weighted by molar-refractivity contribution is -0.123. The molecule has 1 atom stereocenters. The highest BCUT2D eigenvalue weighted by Gasteiger charge is 2.20. The normalized spacial score (nSPS) is 11.3. The molecule has 7 nitrogen and oxygen atoms in total. The van der Waals surface area contributed by atoms with E-state index in [1.165, 1.54) is 31.2 Å². The molecule has 0 heterocycles. The quantitative estimate of drug-likeness (QED) is 0.670. The third-order valence-corrected chi connectivity index (χ3v) is 3.77. The molecule has 2 rings (SSSR count). The van der Waals surface area contributed by atoms with E-state index in [9.17, 15) is 14.4 Å². The molecule has 4 N–H and O–H groups in total. The average molecular weight is 396 g/mol. The maximum Gasteiger partial charge on any atom is 0.338 e. The second-order valence-electron chi connectivity index (χ2n) is 5.23. The molecule has 0 spiro atoms. The number of esters is 1. The van der Waals surface area contributed by atoms with Gasteiger partial charge in [0.1, 0.15) is 0 Å². The lowest BCUT2D eigenvalue weighted by Crippen LogP contribution is -2.30. The van der Waals surface area contributed by atoms with E-state index >= 15 is 0 Å². The number of carbonyl (C=O) groups excluding carboxylic acids is 3. The number of hydrogen-bond acceptors (Lipinski definition) is 4. The van der Waals surface area contributed by atoms with E-state index in [1.54, 1.807) is 18.2 Å². The van der Waals surface area contributed by atoms with Gasteiger partial charge in [-0.25, -0.2) is 9.59 Å². The maximum atomic E-state index is 12.2. The van der Waals surface area contributed by atoms with E-state index < -0.39 is 24.0 Å². The number of anilines is 2. The molecule has 0 aliphatic carbocycles. The molecular weight excluding hydrogens is 381 g/mol. The minimum Gasteiger partial charge on any atom is -0.449 e. The fraction of sp³-hybridized carbons (Fsp3) is 0.118. The number of ether oxygens (including phenoxy) is 1. The van der Waals surface area contributed by atoms with E-state index in [4.69, 9.17) is 33.7 Å². The first kappa shape index (κ1) is 19.6. The number of amides is 3. The molecule has 26 heavy (non-hydrogen) atoms. The van der Waals surface area contributed by atoms with Crippen LogP contribution in [-0.2, 0) is 9.53 Å². The molecule has 136 valence electrons. The van der Waals surface area contributed by atoms with Crippen LogP contribution < -0.4 is 16.4 Å². The molecule has 0 saturated heterocycles. The largest absolute Gasteiger partial charge is 0.449 e. The molecule has 0 saturated carbocycles. The lowest BCUT2D eigenvalue weighted by atomic mass is 10.2. The van der Waals surface area contributed by atoms with Crippen LogP contribution in [0.1, 0.15) is 17.3 Å². The van der Waals surface area contributed by atoms with Crippen molar-refractivity contribution in [3.8, 4) is 0 Å². The molecule has 2 aromatic rings. The molecule has 0 radical (unpaired) electrons. The number of rotatable bonds is 5. The van der Waals surface area contributed by atoms with Crippen LogP contribution in [0.5, 0.6) is 0 Å². The molecule has 0 aliphatic rings. The lowest BCUT2D eigenvalue weighted by Gasteiger charge is -2.14. The fourth-order valence-electron chi connectivity index (χ4n) is 1.98. The van der Waals surface area contributed by atoms with Crippen LogP contribution in [-0.4, -0.2) is 24.0 Å². The van der Waals surface area contributed by atoms with E-state index in [0.717, 1.165) is 0 Å². The van der Waals surface area contributed by atoms with Crippen LogP contribution >= 0.6 is 23.2 Å². The minimum absolute atomic E-state index is 0.150. The molecule has 3 amide bonds. The summed E-state index contributed by atoms with van der Waals surface area (Å²) in [6.07, 6.45) is -1.09. The number of primary amides is 1. The Hall–Kier alpha value is -2.77. The van der Waals surface area contributed by atoms with Gasteiger partial charge in [0.25, 0.3) is 5.91 Å². The number of hydrogen-bond donors (Lipinski definition) is 3. The molecule has 0 fully saturated rings. The third kappa shape index (κ3) is 5.37. The number of nitrogens with one attached hydrogen (secondary N) is 2. The highest BCUT2D eigenvalue weighted by Crippen LogP contribution is 2.25. The highest BCUT2D eigenvalue weighted by atomic mass is 35.5. The molecular formula is C17H15Cl2N3O4. The third-order valence-electron chi connectivity index (χ3n) is 3.21. The van der Waals surface area contributed by atoms with Crippen LogP contribution in [0.4, 0.5) is 16.2 Å². The second-order valence-corrected chi connectivity index (χ2v) is 6.07. The molecule has 1 unspecified atom stereocenters. The summed E-state index contributed by atoms with van der Waals surface area (Å²) >= 11 is 11.8. The van der Waals surface area contributed by atoms with E-state index in [1.807, 2.05) is 0 Å². The van der Waals surface area contributed by atoms with Crippen LogP contribution in [0.3, 0.4) is 0 Å². The van der Waals surface area contributed by atoms with Gasteiger partial charge in [-0.1, -0.05) is 29.3 Å². The zero-order valence-corrected chi connectivity index (χ0v) is 15.1. The van der Waals surface area contributed by atoms with E-state index in [2.05, 4.69) is 10.6 Å². The summed E-state index contributed by atoms with van der Waals surface area (Å²) in [6, 6.07) is 9.79. The van der Waals surface area contributed by atoms with Crippen LogP contribution in [0.15, 0.2) is 42.5 Å². The van der Waals surface area contributed by atoms with Gasteiger partial charge < -0.3 is 21.1 Å². The van der Waals surface area contributed by atoms with Crippen molar-refractivity contribution in [3.05, 3.63) is 58.1 Å². The predicted molar refractivity (Wildman–Crippen MR) is 99.6 cm³/mol. The number of urea groups is 1. The summed E-state index contributed by atoms with van der Waals surface area (Å²) in [5.74, 6) is -1.31. The van der Waals surface area contributed by atoms with E-state index in [-0.39, 0.29) is 5.56 Å². The highest BCUT2D eigenvalue weighted by molar-refractivity contribution is 6.35. The topological polar surface area (TPSA) is 111 Å². The second kappa shape index (κ2) is 8.55. The Labute approximate surface area is 159 Å². The Morgan fingerprint density at radius 1 is 1.08 bits per heavy atom. The Kier molecular flexibility index (Phi) is 6.43. The van der Waals surface area contributed by atoms with Gasteiger partial charge in [-0.3, -0.25) is 4.79 Å². The Morgan fingerprint density at radius 2 is 1.81 bits per heavy atom. The summed E-state index contributed by atoms with van der Waals surface area (Å²) in [7, 11) is 0. The zero-order valence-electron chi connectivity index (χ0n) is 13.6. The monoisotopic (exact) mass is 395 g/mol. The van der Waals surface area contributed by atoms with Gasteiger partial charge >= 0.3 is 12.0 Å². The van der Waals surface area contributed by atoms with Crippen molar-refractivity contribution in [2.45, 2.75) is 13.0 Å². The van der Waals surface area contributed by atoms with E-state index in [0.29, 0.717) is 21.4 Å². The Bertz CT molecular complexity index is 858. The summed E-state index contributed by atoms with van der Waals surface area (Å²) in [6.45, 7) is 1.41. The summed E-state index contributed by atoms with van der Waals surface area (Å²) in [5, 5.41) is 5.58. The molecule has 9 heteroatoms. The van der Waals surface area contributed by atoms with Crippen molar-refractivity contribution in [2.24, 2.45) is 5.73 Å². The van der Waals surface area contributed by atoms with Crippen molar-refractivity contribution < 1.29 is 19.1 Å². The molecule has 0 aromatic heterocycles. The fourth-order valence-corrected chi connectivity index (χ4v) is 2.31. The van der Waals surface area contributed by atoms with Crippen LogP contribution in [0.25, 0.3) is 0 Å². The average Bonchev–Trinajstić information content (AvgIpc) is 2.57. The van der Waals surface area contributed by atoms with Gasteiger partial charge in [-0.2, -0.15) is 0 Å². The standard InChI is InChI=1S/C17H15Cl2N3O4/c1-9(15(23)22-14-8-11(18)5-6-13(14)19)26-16(24)10-3-2-4-12(7-10)21-17(20)25/h2-9H,1H3,(H,22,23)(H3,20,21,25). The smallest absolute Gasteiger partial charge is 0.338 e. The first-order chi connectivity index (χ1) is 12.3. The molecule has 2 aromatic carbocycles. The zero-order chi connectivity index (χ0) is 19.3. The van der Waals surface area contributed by atoms with Gasteiger partial charge in [0, 0.05) is 10.7 Å². The molecule has 0 aliphatic heterocycles. The number of halogens is 2. The van der Waals surface area contributed by atoms with Crippen molar-refractivity contribution in [1.29, 1.82) is 0 Å². The van der Waals surface area contributed by atoms with Crippen molar-refractivity contribution in [3.63, 3.8) is 0 Å². The summed E-state index contributed by atoms with van der Waals surface area (Å²) in [4.78, 5) is 35.2. The van der Waals surface area contributed by atoms with Gasteiger partial charge in [0.2, 0.25) is 0 Å². The number of nitrogens with two attached hydrogens (primary N) is 1. The van der Waals surface area contributed by atoms with Crippen LogP contribution in [0.2, 0.25) is 10.0 Å². The van der Waals surface area contributed by atoms with Gasteiger partial charge in [-0.05, 0) is 43.3 Å². The minimum atomic E-state index is -1.09. The number of carbonyl (C=O) groups is 3. The van der Waals surface area contributed by atoms with Crippen LogP contribution in [0, 0.1) is 0 Å². The molecule has 0 bridgehead atoms. The maximum absolute atomic E-state index is 12.2. The summed E-state index contributed by atoms with van der Waals surface area (Å²) < 4.78 is 5.13. The van der Waals surface area contributed by atoms with Gasteiger partial charge in [0.05, 0.1) is 16.3 Å². The predicted octanol–water partition coefficient (Wildman–Crippen LogP) is 3.67. The Morgan fingerprint density at radius 3 is 2.50 bits per heavy atom. The summed E-state index contributed by atoms with van der Waals surface area (Å²) in [5.41, 5.74) is 5.81. The Balaban J connectivity index is 2.03. The SMILES string of the molecule is CC(OC(=O)c1cccc(NC(N)=O)c1)C(=O)Nc1cc(Cl)ccc1Cl. The number of benzene rings is 2. The van der Waals surface area contributed by atoms with Gasteiger partial charge in [0.15, 0.2) is 6.10 Å². The first-order valence-corrected chi connectivity index (χ1v) is 8.15. The van der Waals surface area contributed by atoms with Gasteiger partial charge in [-0.15, -0.1) is 0 Å². The van der Waals surface area contributed by atoms with Crippen molar-refractivity contribution in [1.82, 2.24) is 0 Å². The first-order valence-electron chi connectivity index (χ1n) is 7.39.